The summed E-state index contributed by atoms with van der Waals surface area (Å²) in [6, 6.07) is 16.6. The number of anilines is 3. The van der Waals surface area contributed by atoms with Gasteiger partial charge in [0.05, 0.1) is 0 Å². The number of benzene rings is 2. The molecule has 1 saturated heterocycles. The minimum absolute atomic E-state index is 0.0345. The number of piperidine rings is 1. The molecule has 3 rings (SSSR count). The fourth-order valence-corrected chi connectivity index (χ4v) is 3.42. The van der Waals surface area contributed by atoms with Gasteiger partial charge in [-0.3, -0.25) is 4.79 Å². The molecule has 0 bridgehead atoms. The van der Waals surface area contributed by atoms with E-state index in [1.54, 1.807) is 0 Å². The third kappa shape index (κ3) is 5.75. The van der Waals surface area contributed by atoms with E-state index in [0.29, 0.717) is 13.0 Å². The highest BCUT2D eigenvalue weighted by Crippen LogP contribution is 2.24. The third-order valence-electron chi connectivity index (χ3n) is 5.34. The van der Waals surface area contributed by atoms with E-state index in [1.807, 2.05) is 12.1 Å². The Bertz CT molecular complexity index is 716. The molecule has 1 amide bonds. The van der Waals surface area contributed by atoms with E-state index < -0.39 is 0 Å². The first-order valence-electron chi connectivity index (χ1n) is 10.1. The van der Waals surface area contributed by atoms with Gasteiger partial charge in [0.15, 0.2) is 0 Å². The number of hydrogen-bond donors (Lipinski definition) is 2. The summed E-state index contributed by atoms with van der Waals surface area (Å²) in [4.78, 5) is 14.6. The van der Waals surface area contributed by atoms with Crippen molar-refractivity contribution in [1.29, 1.82) is 0 Å². The molecule has 2 aromatic carbocycles. The number of carbonyl (C=O) groups is 1. The Morgan fingerprint density at radius 3 is 2.26 bits per heavy atom. The summed E-state index contributed by atoms with van der Waals surface area (Å²) in [7, 11) is 0. The summed E-state index contributed by atoms with van der Waals surface area (Å²) in [5.74, 6) is 0.866. The summed E-state index contributed by atoms with van der Waals surface area (Å²) in [5, 5.41) is 6.29. The molecule has 1 fully saturated rings. The van der Waals surface area contributed by atoms with Crippen molar-refractivity contribution in [2.75, 3.05) is 35.2 Å². The number of rotatable bonds is 7. The zero-order chi connectivity index (χ0) is 19.1. The molecule has 2 N–H and O–H groups in total. The van der Waals surface area contributed by atoms with Gasteiger partial charge in [0.25, 0.3) is 0 Å². The van der Waals surface area contributed by atoms with Gasteiger partial charge in [0, 0.05) is 43.1 Å². The molecule has 27 heavy (non-hydrogen) atoms. The van der Waals surface area contributed by atoms with Crippen LogP contribution in [0.5, 0.6) is 0 Å². The average molecular weight is 366 g/mol. The van der Waals surface area contributed by atoms with Crippen LogP contribution in [-0.4, -0.2) is 25.5 Å². The fourth-order valence-electron chi connectivity index (χ4n) is 3.42. The summed E-state index contributed by atoms with van der Waals surface area (Å²) >= 11 is 0. The van der Waals surface area contributed by atoms with Gasteiger partial charge in [-0.05, 0) is 67.1 Å². The Morgan fingerprint density at radius 2 is 1.63 bits per heavy atom. The van der Waals surface area contributed by atoms with Crippen LogP contribution in [0.15, 0.2) is 48.5 Å². The van der Waals surface area contributed by atoms with Crippen LogP contribution in [0.2, 0.25) is 0 Å². The Morgan fingerprint density at radius 1 is 1.00 bits per heavy atom. The molecule has 1 aliphatic heterocycles. The molecule has 2 aromatic rings. The molecule has 1 heterocycles. The van der Waals surface area contributed by atoms with E-state index in [0.717, 1.165) is 36.8 Å². The van der Waals surface area contributed by atoms with Gasteiger partial charge in [-0.25, -0.2) is 0 Å². The van der Waals surface area contributed by atoms with Crippen molar-refractivity contribution in [1.82, 2.24) is 0 Å². The van der Waals surface area contributed by atoms with E-state index >= 15 is 0 Å². The molecular weight excluding hydrogens is 334 g/mol. The van der Waals surface area contributed by atoms with Crippen LogP contribution in [0.4, 0.5) is 17.1 Å². The minimum atomic E-state index is 0.0345. The standard InChI is InChI=1S/C23H31N3O/c1-3-19-4-6-20(7-5-19)24-15-12-23(27)25-21-8-10-22(11-9-21)26-16-13-18(2)14-17-26/h4-11,18,24H,3,12-17H2,1-2H3,(H,25,27). The monoisotopic (exact) mass is 365 g/mol. The lowest BCUT2D eigenvalue weighted by molar-refractivity contribution is -0.115. The van der Waals surface area contributed by atoms with Crippen LogP contribution < -0.4 is 15.5 Å². The van der Waals surface area contributed by atoms with Crippen LogP contribution >= 0.6 is 0 Å². The van der Waals surface area contributed by atoms with E-state index in [9.17, 15) is 4.79 Å². The Hall–Kier alpha value is -2.49. The van der Waals surface area contributed by atoms with Crippen molar-refractivity contribution in [3.63, 3.8) is 0 Å². The Kier molecular flexibility index (Phi) is 6.74. The summed E-state index contributed by atoms with van der Waals surface area (Å²) in [5.41, 5.74) is 4.49. The van der Waals surface area contributed by atoms with E-state index in [1.165, 1.54) is 24.1 Å². The maximum Gasteiger partial charge on any atom is 0.226 e. The summed E-state index contributed by atoms with van der Waals surface area (Å²) in [6.07, 6.45) is 4.00. The van der Waals surface area contributed by atoms with Gasteiger partial charge < -0.3 is 15.5 Å². The smallest absolute Gasteiger partial charge is 0.226 e. The van der Waals surface area contributed by atoms with Crippen LogP contribution in [0.1, 0.15) is 38.7 Å². The molecule has 4 heteroatoms. The maximum absolute atomic E-state index is 12.2. The van der Waals surface area contributed by atoms with Crippen molar-refractivity contribution >= 4 is 23.0 Å². The molecule has 0 atom stereocenters. The number of hydrogen-bond acceptors (Lipinski definition) is 3. The minimum Gasteiger partial charge on any atom is -0.385 e. The van der Waals surface area contributed by atoms with Crippen molar-refractivity contribution in [3.05, 3.63) is 54.1 Å². The number of nitrogens with zero attached hydrogens (tertiary/aromatic N) is 1. The first-order valence-corrected chi connectivity index (χ1v) is 10.1. The quantitative estimate of drug-likeness (QED) is 0.731. The Balaban J connectivity index is 1.42. The molecule has 1 aliphatic rings. The molecular formula is C23H31N3O. The highest BCUT2D eigenvalue weighted by atomic mass is 16.1. The van der Waals surface area contributed by atoms with Gasteiger partial charge >= 0.3 is 0 Å². The predicted octanol–water partition coefficient (Wildman–Crippen LogP) is 4.93. The van der Waals surface area contributed by atoms with Gasteiger partial charge in [-0.2, -0.15) is 0 Å². The lowest BCUT2D eigenvalue weighted by atomic mass is 9.99. The molecule has 0 radical (unpaired) electrons. The number of aryl methyl sites for hydroxylation is 1. The lowest BCUT2D eigenvalue weighted by Crippen LogP contribution is -2.32. The topological polar surface area (TPSA) is 44.4 Å². The van der Waals surface area contributed by atoms with Crippen molar-refractivity contribution in [3.8, 4) is 0 Å². The SMILES string of the molecule is CCc1ccc(NCCC(=O)Nc2ccc(N3CCC(C)CC3)cc2)cc1. The molecule has 0 saturated carbocycles. The first-order chi connectivity index (χ1) is 13.1. The zero-order valence-corrected chi connectivity index (χ0v) is 16.5. The fraction of sp³-hybridized carbons (Fsp3) is 0.435. The first kappa shape index (κ1) is 19.3. The molecule has 4 nitrogen and oxygen atoms in total. The number of nitrogens with one attached hydrogen (secondary N) is 2. The maximum atomic E-state index is 12.2. The van der Waals surface area contributed by atoms with Gasteiger partial charge in [-0.1, -0.05) is 26.0 Å². The zero-order valence-electron chi connectivity index (χ0n) is 16.5. The van der Waals surface area contributed by atoms with E-state index in [-0.39, 0.29) is 5.91 Å². The molecule has 0 spiro atoms. The van der Waals surface area contributed by atoms with Crippen molar-refractivity contribution < 1.29 is 4.79 Å². The highest BCUT2D eigenvalue weighted by molar-refractivity contribution is 5.91. The molecule has 0 aromatic heterocycles. The summed E-state index contributed by atoms with van der Waals surface area (Å²) < 4.78 is 0. The van der Waals surface area contributed by atoms with Crippen molar-refractivity contribution in [2.24, 2.45) is 5.92 Å². The second-order valence-corrected chi connectivity index (χ2v) is 7.49. The number of carbonyl (C=O) groups excluding carboxylic acids is 1. The van der Waals surface area contributed by atoms with Gasteiger partial charge in [-0.15, -0.1) is 0 Å². The molecule has 144 valence electrons. The third-order valence-corrected chi connectivity index (χ3v) is 5.34. The largest absolute Gasteiger partial charge is 0.385 e. The van der Waals surface area contributed by atoms with E-state index in [4.69, 9.17) is 0 Å². The Labute approximate surface area is 163 Å². The van der Waals surface area contributed by atoms with E-state index in [2.05, 4.69) is 65.8 Å². The van der Waals surface area contributed by atoms with Gasteiger partial charge in [0.2, 0.25) is 5.91 Å². The second-order valence-electron chi connectivity index (χ2n) is 7.49. The summed E-state index contributed by atoms with van der Waals surface area (Å²) in [6.45, 7) is 7.34. The average Bonchev–Trinajstić information content (AvgIpc) is 2.70. The second kappa shape index (κ2) is 9.45. The molecule has 0 unspecified atom stereocenters. The van der Waals surface area contributed by atoms with Crippen LogP contribution in [0.25, 0.3) is 0 Å². The number of amides is 1. The van der Waals surface area contributed by atoms with Crippen molar-refractivity contribution in [2.45, 2.75) is 39.5 Å². The lowest BCUT2D eigenvalue weighted by Gasteiger charge is -2.32. The van der Waals surface area contributed by atoms with Crippen LogP contribution in [0, 0.1) is 5.92 Å². The van der Waals surface area contributed by atoms with Crippen LogP contribution in [-0.2, 0) is 11.2 Å². The normalized spacial score (nSPS) is 14.8. The van der Waals surface area contributed by atoms with Gasteiger partial charge in [0.1, 0.15) is 0 Å². The highest BCUT2D eigenvalue weighted by Gasteiger charge is 2.15. The van der Waals surface area contributed by atoms with Crippen LogP contribution in [0.3, 0.4) is 0 Å². The predicted molar refractivity (Wildman–Crippen MR) is 115 cm³/mol. The molecule has 0 aliphatic carbocycles.